The molecule has 8 heteroatoms. The average molecular weight is 353 g/mol. The van der Waals surface area contributed by atoms with E-state index in [2.05, 4.69) is 5.32 Å². The average Bonchev–Trinajstić information content (AvgIpc) is 2.91. The standard InChI is InChI=1S/C16H23N3O4S/c1-16(2)14(21)12(19-6-5-17-8-11(19)20)13-9(23-16)7-10(24-13)15(22)18(3)4/h7,12,14,17,21H,5-6,8H2,1-4H3/t12-,14+/m0/s1. The number of amides is 2. The predicted octanol–water partition coefficient (Wildman–Crippen LogP) is 0.455. The number of aliphatic hydroxyl groups is 1. The molecule has 2 N–H and O–H groups in total. The molecule has 0 saturated carbocycles. The Morgan fingerprint density at radius 2 is 2.21 bits per heavy atom. The van der Waals surface area contributed by atoms with Crippen molar-refractivity contribution in [3.05, 3.63) is 15.8 Å². The number of rotatable bonds is 2. The maximum absolute atomic E-state index is 12.3. The second kappa shape index (κ2) is 6.02. The number of nitrogens with one attached hydrogen (secondary N) is 1. The number of carbonyl (C=O) groups is 2. The number of hydrogen-bond donors (Lipinski definition) is 2. The van der Waals surface area contributed by atoms with E-state index in [1.807, 2.05) is 0 Å². The van der Waals surface area contributed by atoms with Crippen molar-refractivity contribution in [1.29, 1.82) is 0 Å². The molecule has 0 bridgehead atoms. The van der Waals surface area contributed by atoms with E-state index in [0.717, 1.165) is 4.88 Å². The van der Waals surface area contributed by atoms with Crippen LogP contribution in [0.25, 0.3) is 0 Å². The summed E-state index contributed by atoms with van der Waals surface area (Å²) >= 11 is 1.29. The summed E-state index contributed by atoms with van der Waals surface area (Å²) < 4.78 is 5.93. The zero-order valence-corrected chi connectivity index (χ0v) is 15.1. The molecule has 1 aromatic rings. The summed E-state index contributed by atoms with van der Waals surface area (Å²) in [5.74, 6) is 0.412. The third-order valence-electron chi connectivity index (χ3n) is 4.46. The van der Waals surface area contributed by atoms with E-state index < -0.39 is 17.7 Å². The molecule has 2 atom stereocenters. The van der Waals surface area contributed by atoms with Gasteiger partial charge in [0.1, 0.15) is 17.5 Å². The Hall–Kier alpha value is -1.64. The van der Waals surface area contributed by atoms with Crippen molar-refractivity contribution in [3.8, 4) is 5.75 Å². The van der Waals surface area contributed by atoms with E-state index in [9.17, 15) is 14.7 Å². The Balaban J connectivity index is 2.05. The van der Waals surface area contributed by atoms with Crippen LogP contribution in [0, 0.1) is 0 Å². The highest BCUT2D eigenvalue weighted by atomic mass is 32.1. The molecule has 132 valence electrons. The van der Waals surface area contributed by atoms with E-state index >= 15 is 0 Å². The molecule has 1 saturated heterocycles. The third-order valence-corrected chi connectivity index (χ3v) is 5.63. The van der Waals surface area contributed by atoms with E-state index in [4.69, 9.17) is 4.74 Å². The number of nitrogens with zero attached hydrogens (tertiary/aromatic N) is 2. The van der Waals surface area contributed by atoms with Gasteiger partial charge in [0.2, 0.25) is 5.91 Å². The van der Waals surface area contributed by atoms with Crippen LogP contribution in [-0.4, -0.2) is 72.2 Å². The molecule has 0 unspecified atom stereocenters. The third kappa shape index (κ3) is 2.78. The van der Waals surface area contributed by atoms with Gasteiger partial charge in [0, 0.05) is 33.3 Å². The minimum atomic E-state index is -0.868. The highest BCUT2D eigenvalue weighted by Crippen LogP contribution is 2.47. The van der Waals surface area contributed by atoms with Crippen LogP contribution in [-0.2, 0) is 4.79 Å². The first-order chi connectivity index (χ1) is 11.2. The number of ether oxygens (including phenoxy) is 1. The maximum atomic E-state index is 12.3. The number of thiophene rings is 1. The molecule has 3 rings (SSSR count). The van der Waals surface area contributed by atoms with Crippen molar-refractivity contribution >= 4 is 23.2 Å². The lowest BCUT2D eigenvalue weighted by atomic mass is 9.89. The zero-order valence-electron chi connectivity index (χ0n) is 14.3. The highest BCUT2D eigenvalue weighted by Gasteiger charge is 2.48. The molecule has 0 aliphatic carbocycles. The first-order valence-corrected chi connectivity index (χ1v) is 8.76. The Bertz CT molecular complexity index is 670. The fraction of sp³-hybridized carbons (Fsp3) is 0.625. The summed E-state index contributed by atoms with van der Waals surface area (Å²) in [4.78, 5) is 29.1. The summed E-state index contributed by atoms with van der Waals surface area (Å²) in [6.45, 7) is 5.05. The number of fused-ring (bicyclic) bond motifs is 1. The van der Waals surface area contributed by atoms with Crippen LogP contribution in [0.1, 0.15) is 34.4 Å². The molecule has 7 nitrogen and oxygen atoms in total. The first-order valence-electron chi connectivity index (χ1n) is 7.95. The molecular formula is C16H23N3O4S. The number of piperazine rings is 1. The SMILES string of the molecule is CN(C)C(=O)c1cc2c(s1)[C@H](N1CCNCC1=O)[C@@H](O)C(C)(C)O2. The van der Waals surface area contributed by atoms with Crippen molar-refractivity contribution in [2.45, 2.75) is 31.6 Å². The van der Waals surface area contributed by atoms with Gasteiger partial charge in [-0.15, -0.1) is 11.3 Å². The van der Waals surface area contributed by atoms with Crippen molar-refractivity contribution in [2.24, 2.45) is 0 Å². The lowest BCUT2D eigenvalue weighted by Gasteiger charge is -2.46. The van der Waals surface area contributed by atoms with Crippen molar-refractivity contribution in [2.75, 3.05) is 33.7 Å². The van der Waals surface area contributed by atoms with Gasteiger partial charge in [0.15, 0.2) is 0 Å². The van der Waals surface area contributed by atoms with E-state index in [1.54, 1.807) is 38.9 Å². The lowest BCUT2D eigenvalue weighted by Crippen LogP contribution is -2.58. The molecule has 2 amide bonds. The lowest BCUT2D eigenvalue weighted by molar-refractivity contribution is -0.145. The Labute approximate surface area is 145 Å². The fourth-order valence-corrected chi connectivity index (χ4v) is 4.35. The van der Waals surface area contributed by atoms with Gasteiger partial charge in [0.25, 0.3) is 5.91 Å². The fourth-order valence-electron chi connectivity index (χ4n) is 3.09. The summed E-state index contributed by atoms with van der Waals surface area (Å²) in [5.41, 5.74) is -0.845. The quantitative estimate of drug-likeness (QED) is 0.807. The van der Waals surface area contributed by atoms with Crippen LogP contribution < -0.4 is 10.1 Å². The zero-order chi connectivity index (χ0) is 17.6. The molecule has 0 aromatic carbocycles. The van der Waals surface area contributed by atoms with Gasteiger partial charge in [-0.2, -0.15) is 0 Å². The van der Waals surface area contributed by atoms with Gasteiger partial charge in [0.05, 0.1) is 22.3 Å². The molecule has 1 fully saturated rings. The second-order valence-corrected chi connectivity index (χ2v) is 7.98. The summed E-state index contributed by atoms with van der Waals surface area (Å²) in [6.07, 6.45) is -0.868. The Morgan fingerprint density at radius 3 is 2.83 bits per heavy atom. The molecule has 3 heterocycles. The van der Waals surface area contributed by atoms with Crippen LogP contribution in [0.4, 0.5) is 0 Å². The number of aliphatic hydroxyl groups excluding tert-OH is 1. The van der Waals surface area contributed by atoms with Gasteiger partial charge in [-0.05, 0) is 13.8 Å². The van der Waals surface area contributed by atoms with E-state index in [0.29, 0.717) is 23.7 Å². The van der Waals surface area contributed by atoms with E-state index in [1.165, 1.54) is 16.2 Å². The second-order valence-electron chi connectivity index (χ2n) is 6.90. The van der Waals surface area contributed by atoms with Gasteiger partial charge < -0.3 is 25.0 Å². The largest absolute Gasteiger partial charge is 0.484 e. The van der Waals surface area contributed by atoms with E-state index in [-0.39, 0.29) is 18.4 Å². The molecule has 0 spiro atoms. The molecule has 1 aromatic heterocycles. The molecule has 2 aliphatic heterocycles. The van der Waals surface area contributed by atoms with Gasteiger partial charge in [-0.25, -0.2) is 0 Å². The number of carbonyl (C=O) groups excluding carboxylic acids is 2. The first kappa shape index (κ1) is 17.2. The van der Waals surface area contributed by atoms with Crippen LogP contribution >= 0.6 is 11.3 Å². The van der Waals surface area contributed by atoms with Crippen LogP contribution in [0.3, 0.4) is 0 Å². The Morgan fingerprint density at radius 1 is 1.50 bits per heavy atom. The number of hydrogen-bond acceptors (Lipinski definition) is 6. The topological polar surface area (TPSA) is 82.1 Å². The van der Waals surface area contributed by atoms with Crippen molar-refractivity contribution in [3.63, 3.8) is 0 Å². The minimum Gasteiger partial charge on any atom is -0.484 e. The molecule has 2 aliphatic rings. The van der Waals surface area contributed by atoms with Crippen LogP contribution in [0.15, 0.2) is 6.07 Å². The van der Waals surface area contributed by atoms with Gasteiger partial charge in [-0.3, -0.25) is 9.59 Å². The maximum Gasteiger partial charge on any atom is 0.263 e. The van der Waals surface area contributed by atoms with Crippen molar-refractivity contribution < 1.29 is 19.4 Å². The summed E-state index contributed by atoms with van der Waals surface area (Å²) in [5, 5.41) is 13.9. The van der Waals surface area contributed by atoms with Crippen LogP contribution in [0.5, 0.6) is 5.75 Å². The van der Waals surface area contributed by atoms with Crippen molar-refractivity contribution in [1.82, 2.24) is 15.1 Å². The van der Waals surface area contributed by atoms with Crippen LogP contribution in [0.2, 0.25) is 0 Å². The molecule has 0 radical (unpaired) electrons. The normalized spacial score (nSPS) is 25.9. The van der Waals surface area contributed by atoms with Gasteiger partial charge >= 0.3 is 0 Å². The molecular weight excluding hydrogens is 330 g/mol. The summed E-state index contributed by atoms with van der Waals surface area (Å²) in [6, 6.07) is 1.22. The predicted molar refractivity (Wildman–Crippen MR) is 90.4 cm³/mol. The monoisotopic (exact) mass is 353 g/mol. The summed E-state index contributed by atoms with van der Waals surface area (Å²) in [7, 11) is 3.38. The van der Waals surface area contributed by atoms with Gasteiger partial charge in [-0.1, -0.05) is 0 Å². The molecule has 24 heavy (non-hydrogen) atoms. The Kier molecular flexibility index (Phi) is 4.31. The smallest absolute Gasteiger partial charge is 0.263 e. The highest BCUT2D eigenvalue weighted by molar-refractivity contribution is 7.14. The minimum absolute atomic E-state index is 0.0529.